The lowest BCUT2D eigenvalue weighted by atomic mass is 9.94. The molecular formula is C13H18O2. The molecule has 82 valence electrons. The van der Waals surface area contributed by atoms with Gasteiger partial charge in [0.15, 0.2) is 0 Å². The number of benzene rings is 1. The van der Waals surface area contributed by atoms with Gasteiger partial charge in [0.2, 0.25) is 0 Å². The molecule has 0 aliphatic heterocycles. The van der Waals surface area contributed by atoms with Gasteiger partial charge in [0.25, 0.3) is 0 Å². The first kappa shape index (κ1) is 11.8. The number of aryl methyl sites for hydroxylation is 1. The van der Waals surface area contributed by atoms with Crippen LogP contribution in [0.15, 0.2) is 18.2 Å². The number of carbonyl (C=O) groups excluding carboxylic acids is 1. The molecule has 1 aromatic rings. The van der Waals surface area contributed by atoms with Gasteiger partial charge in [-0.15, -0.1) is 0 Å². The summed E-state index contributed by atoms with van der Waals surface area (Å²) >= 11 is 0. The van der Waals surface area contributed by atoms with Crippen molar-refractivity contribution in [3.8, 4) is 0 Å². The van der Waals surface area contributed by atoms with Gasteiger partial charge >= 0.3 is 5.97 Å². The van der Waals surface area contributed by atoms with E-state index in [1.807, 2.05) is 25.1 Å². The van der Waals surface area contributed by atoms with Crippen molar-refractivity contribution < 1.29 is 9.53 Å². The Kier molecular flexibility index (Phi) is 3.89. The average molecular weight is 206 g/mol. The normalized spacial score (nSPS) is 10.5. The van der Waals surface area contributed by atoms with Crippen molar-refractivity contribution in [1.82, 2.24) is 0 Å². The third-order valence-electron chi connectivity index (χ3n) is 2.43. The van der Waals surface area contributed by atoms with E-state index in [0.717, 1.165) is 17.5 Å². The van der Waals surface area contributed by atoms with Gasteiger partial charge in [-0.1, -0.05) is 26.0 Å². The highest BCUT2D eigenvalue weighted by atomic mass is 16.5. The second-order valence-corrected chi connectivity index (χ2v) is 4.19. The van der Waals surface area contributed by atoms with Crippen LogP contribution in [-0.2, 0) is 11.2 Å². The van der Waals surface area contributed by atoms with E-state index < -0.39 is 0 Å². The van der Waals surface area contributed by atoms with E-state index in [2.05, 4.69) is 13.8 Å². The summed E-state index contributed by atoms with van der Waals surface area (Å²) in [6, 6.07) is 5.76. The van der Waals surface area contributed by atoms with Crippen LogP contribution in [0.1, 0.15) is 35.3 Å². The van der Waals surface area contributed by atoms with Gasteiger partial charge < -0.3 is 4.74 Å². The van der Waals surface area contributed by atoms with Crippen LogP contribution in [0, 0.1) is 12.8 Å². The zero-order valence-electron chi connectivity index (χ0n) is 9.83. The summed E-state index contributed by atoms with van der Waals surface area (Å²) < 4.78 is 4.77. The Morgan fingerprint density at radius 1 is 1.40 bits per heavy atom. The molecule has 1 aromatic carbocycles. The van der Waals surface area contributed by atoms with Crippen LogP contribution < -0.4 is 0 Å². The molecule has 0 aliphatic rings. The number of esters is 1. The molecule has 2 nitrogen and oxygen atoms in total. The SMILES string of the molecule is COC(=O)c1cccc(C)c1CC(C)C. The fourth-order valence-electron chi connectivity index (χ4n) is 1.68. The Morgan fingerprint density at radius 3 is 2.60 bits per heavy atom. The Morgan fingerprint density at radius 2 is 2.07 bits per heavy atom. The minimum Gasteiger partial charge on any atom is -0.465 e. The highest BCUT2D eigenvalue weighted by Gasteiger charge is 2.13. The second-order valence-electron chi connectivity index (χ2n) is 4.19. The Balaban J connectivity index is 3.14. The highest BCUT2D eigenvalue weighted by molar-refractivity contribution is 5.91. The van der Waals surface area contributed by atoms with Crippen molar-refractivity contribution in [3.05, 3.63) is 34.9 Å². The largest absolute Gasteiger partial charge is 0.465 e. The number of rotatable bonds is 3. The summed E-state index contributed by atoms with van der Waals surface area (Å²) in [7, 11) is 1.42. The molecule has 0 spiro atoms. The van der Waals surface area contributed by atoms with Gasteiger partial charge in [-0.2, -0.15) is 0 Å². The van der Waals surface area contributed by atoms with Crippen LogP contribution in [0.2, 0.25) is 0 Å². The number of hydrogen-bond donors (Lipinski definition) is 0. The quantitative estimate of drug-likeness (QED) is 0.711. The Bertz CT molecular complexity index is 354. The van der Waals surface area contributed by atoms with Crippen LogP contribution in [-0.4, -0.2) is 13.1 Å². The minimum absolute atomic E-state index is 0.241. The van der Waals surface area contributed by atoms with Crippen LogP contribution in [0.3, 0.4) is 0 Å². The molecule has 0 saturated heterocycles. The number of carbonyl (C=O) groups is 1. The highest BCUT2D eigenvalue weighted by Crippen LogP contribution is 2.19. The zero-order valence-corrected chi connectivity index (χ0v) is 9.83. The molecule has 0 saturated carbocycles. The standard InChI is InChI=1S/C13H18O2/c1-9(2)8-12-10(3)6-5-7-11(12)13(14)15-4/h5-7,9H,8H2,1-4H3. The van der Waals surface area contributed by atoms with E-state index in [0.29, 0.717) is 11.5 Å². The Hall–Kier alpha value is -1.31. The van der Waals surface area contributed by atoms with Crippen molar-refractivity contribution in [1.29, 1.82) is 0 Å². The van der Waals surface area contributed by atoms with E-state index in [-0.39, 0.29) is 5.97 Å². The van der Waals surface area contributed by atoms with E-state index in [4.69, 9.17) is 4.74 Å². The first-order valence-corrected chi connectivity index (χ1v) is 5.23. The maximum Gasteiger partial charge on any atom is 0.338 e. The van der Waals surface area contributed by atoms with Crippen LogP contribution in [0.5, 0.6) is 0 Å². The van der Waals surface area contributed by atoms with E-state index in [9.17, 15) is 4.79 Å². The van der Waals surface area contributed by atoms with Crippen molar-refractivity contribution in [2.75, 3.05) is 7.11 Å². The fraction of sp³-hybridized carbons (Fsp3) is 0.462. The van der Waals surface area contributed by atoms with Crippen molar-refractivity contribution >= 4 is 5.97 Å². The molecule has 15 heavy (non-hydrogen) atoms. The van der Waals surface area contributed by atoms with Crippen LogP contribution >= 0.6 is 0 Å². The van der Waals surface area contributed by atoms with Crippen molar-refractivity contribution in [3.63, 3.8) is 0 Å². The van der Waals surface area contributed by atoms with Crippen LogP contribution in [0.4, 0.5) is 0 Å². The maximum atomic E-state index is 11.5. The molecule has 0 aromatic heterocycles. The third-order valence-corrected chi connectivity index (χ3v) is 2.43. The van der Waals surface area contributed by atoms with E-state index >= 15 is 0 Å². The smallest absolute Gasteiger partial charge is 0.338 e. The summed E-state index contributed by atoms with van der Waals surface area (Å²) in [5.41, 5.74) is 2.97. The lowest BCUT2D eigenvalue weighted by Crippen LogP contribution is -2.09. The molecular weight excluding hydrogens is 188 g/mol. The lowest BCUT2D eigenvalue weighted by Gasteiger charge is -2.12. The van der Waals surface area contributed by atoms with Gasteiger partial charge in [0.1, 0.15) is 0 Å². The zero-order chi connectivity index (χ0) is 11.4. The van der Waals surface area contributed by atoms with Crippen LogP contribution in [0.25, 0.3) is 0 Å². The molecule has 1 rings (SSSR count). The van der Waals surface area contributed by atoms with Gasteiger partial charge in [-0.3, -0.25) is 0 Å². The van der Waals surface area contributed by atoms with Gasteiger partial charge in [0, 0.05) is 0 Å². The summed E-state index contributed by atoms with van der Waals surface area (Å²) in [5.74, 6) is 0.295. The summed E-state index contributed by atoms with van der Waals surface area (Å²) in [6.45, 7) is 6.32. The number of hydrogen-bond acceptors (Lipinski definition) is 2. The summed E-state index contributed by atoms with van der Waals surface area (Å²) in [4.78, 5) is 11.5. The summed E-state index contributed by atoms with van der Waals surface area (Å²) in [5, 5.41) is 0. The first-order chi connectivity index (χ1) is 7.06. The molecule has 0 fully saturated rings. The maximum absolute atomic E-state index is 11.5. The average Bonchev–Trinajstić information content (AvgIpc) is 2.19. The molecule has 0 unspecified atom stereocenters. The number of ether oxygens (including phenoxy) is 1. The monoisotopic (exact) mass is 206 g/mol. The van der Waals surface area contributed by atoms with Gasteiger partial charge in [-0.25, -0.2) is 4.79 Å². The predicted molar refractivity (Wildman–Crippen MR) is 61.1 cm³/mol. The first-order valence-electron chi connectivity index (χ1n) is 5.23. The van der Waals surface area contributed by atoms with Crippen molar-refractivity contribution in [2.24, 2.45) is 5.92 Å². The fourth-order valence-corrected chi connectivity index (χ4v) is 1.68. The number of methoxy groups -OCH3 is 1. The van der Waals surface area contributed by atoms with E-state index in [1.165, 1.54) is 7.11 Å². The molecule has 0 amide bonds. The lowest BCUT2D eigenvalue weighted by molar-refractivity contribution is 0.0599. The van der Waals surface area contributed by atoms with Crippen molar-refractivity contribution in [2.45, 2.75) is 27.2 Å². The molecule has 0 bridgehead atoms. The molecule has 0 N–H and O–H groups in total. The predicted octanol–water partition coefficient (Wildman–Crippen LogP) is 2.98. The molecule has 0 aliphatic carbocycles. The molecule has 0 atom stereocenters. The Labute approximate surface area is 91.3 Å². The van der Waals surface area contributed by atoms with Gasteiger partial charge in [-0.05, 0) is 36.5 Å². The molecule has 0 radical (unpaired) electrons. The third kappa shape index (κ3) is 2.82. The topological polar surface area (TPSA) is 26.3 Å². The van der Waals surface area contributed by atoms with E-state index in [1.54, 1.807) is 0 Å². The minimum atomic E-state index is -0.241. The molecule has 2 heteroatoms. The second kappa shape index (κ2) is 4.96. The molecule has 0 heterocycles. The summed E-state index contributed by atoms with van der Waals surface area (Å²) in [6.07, 6.45) is 0.914. The van der Waals surface area contributed by atoms with Gasteiger partial charge in [0.05, 0.1) is 12.7 Å².